The zero-order valence-corrected chi connectivity index (χ0v) is 9.82. The number of rotatable bonds is 5. The van der Waals surface area contributed by atoms with Gasteiger partial charge >= 0.3 is 12.3 Å². The molecule has 0 radical (unpaired) electrons. The third kappa shape index (κ3) is 3.98. The fraction of sp³-hybridized carbons (Fsp3) is 0.400. The van der Waals surface area contributed by atoms with E-state index in [9.17, 15) is 18.0 Å². The normalized spacial score (nSPS) is 11.2. The van der Waals surface area contributed by atoms with Crippen LogP contribution in [0.25, 0.3) is 0 Å². The molecule has 0 bridgehead atoms. The van der Waals surface area contributed by atoms with Gasteiger partial charge in [0.25, 0.3) is 5.88 Å². The highest BCUT2D eigenvalue weighted by Gasteiger charge is 2.34. The maximum Gasteiger partial charge on any atom is 0.573 e. The van der Waals surface area contributed by atoms with E-state index in [0.717, 1.165) is 13.3 Å². The highest BCUT2D eigenvalue weighted by atomic mass is 19.4. The lowest BCUT2D eigenvalue weighted by Gasteiger charge is -2.17. The van der Waals surface area contributed by atoms with Crippen LogP contribution in [0.15, 0.2) is 6.20 Å². The molecule has 0 aliphatic heterocycles. The second kappa shape index (κ2) is 5.74. The van der Waals surface area contributed by atoms with Crippen molar-refractivity contribution in [1.29, 1.82) is 0 Å². The molecule has 0 aliphatic rings. The molecule has 19 heavy (non-hydrogen) atoms. The Balaban J connectivity index is 3.32. The largest absolute Gasteiger partial charge is 0.573 e. The third-order valence-electron chi connectivity index (χ3n) is 2.15. The summed E-state index contributed by atoms with van der Waals surface area (Å²) < 4.78 is 45.4. The number of aliphatic carboxylic acids is 1. The van der Waals surface area contributed by atoms with E-state index >= 15 is 0 Å². The van der Waals surface area contributed by atoms with Crippen LogP contribution < -0.4 is 15.2 Å². The van der Waals surface area contributed by atoms with Crippen LogP contribution in [0.5, 0.6) is 11.6 Å². The molecule has 0 spiro atoms. The van der Waals surface area contributed by atoms with Crippen LogP contribution in [-0.2, 0) is 17.8 Å². The summed E-state index contributed by atoms with van der Waals surface area (Å²) in [5.41, 5.74) is 5.28. The Bertz CT molecular complexity index is 477. The van der Waals surface area contributed by atoms with Gasteiger partial charge in [-0.15, -0.1) is 13.2 Å². The number of hydrogen-bond donors (Lipinski definition) is 2. The van der Waals surface area contributed by atoms with E-state index in [0.29, 0.717) is 0 Å². The fourth-order valence-electron chi connectivity index (χ4n) is 1.45. The lowest BCUT2D eigenvalue weighted by Crippen LogP contribution is -2.21. The first-order chi connectivity index (χ1) is 8.78. The number of nitrogens with two attached hydrogens (primary N) is 1. The number of pyridine rings is 1. The summed E-state index contributed by atoms with van der Waals surface area (Å²) in [6, 6.07) is 0. The molecule has 1 heterocycles. The highest BCUT2D eigenvalue weighted by molar-refractivity contribution is 5.71. The number of carbonyl (C=O) groups is 1. The Morgan fingerprint density at radius 1 is 1.53 bits per heavy atom. The number of ether oxygens (including phenoxy) is 2. The molecule has 0 aliphatic carbocycles. The van der Waals surface area contributed by atoms with Crippen molar-refractivity contribution in [3.8, 4) is 11.6 Å². The smallest absolute Gasteiger partial charge is 0.481 e. The first-order valence-electron chi connectivity index (χ1n) is 5.00. The molecule has 106 valence electrons. The molecule has 0 fully saturated rings. The van der Waals surface area contributed by atoms with Crippen molar-refractivity contribution in [2.75, 3.05) is 7.11 Å². The molecule has 1 aromatic rings. The average molecular weight is 280 g/mol. The fourth-order valence-corrected chi connectivity index (χ4v) is 1.45. The molecule has 0 atom stereocenters. The van der Waals surface area contributed by atoms with E-state index in [1.165, 1.54) is 0 Å². The number of halogens is 3. The van der Waals surface area contributed by atoms with E-state index < -0.39 is 30.4 Å². The lowest BCUT2D eigenvalue weighted by molar-refractivity contribution is -0.275. The van der Waals surface area contributed by atoms with Crippen LogP contribution in [0.4, 0.5) is 13.2 Å². The van der Waals surface area contributed by atoms with Crippen molar-refractivity contribution in [3.05, 3.63) is 17.3 Å². The summed E-state index contributed by atoms with van der Waals surface area (Å²) in [4.78, 5) is 14.2. The van der Waals surface area contributed by atoms with Crippen molar-refractivity contribution in [2.45, 2.75) is 19.3 Å². The molecular formula is C10H11F3N2O4. The molecule has 9 heteroatoms. The summed E-state index contributed by atoms with van der Waals surface area (Å²) in [5, 5.41) is 8.67. The Morgan fingerprint density at radius 3 is 2.58 bits per heavy atom. The monoisotopic (exact) mass is 280 g/mol. The van der Waals surface area contributed by atoms with Gasteiger partial charge in [-0.3, -0.25) is 4.79 Å². The van der Waals surface area contributed by atoms with Gasteiger partial charge in [-0.25, -0.2) is 4.98 Å². The van der Waals surface area contributed by atoms with Crippen molar-refractivity contribution >= 4 is 5.97 Å². The van der Waals surface area contributed by atoms with Crippen molar-refractivity contribution in [1.82, 2.24) is 4.98 Å². The van der Waals surface area contributed by atoms with Crippen LogP contribution in [0.2, 0.25) is 0 Å². The van der Waals surface area contributed by atoms with Gasteiger partial charge in [-0.1, -0.05) is 0 Å². The summed E-state index contributed by atoms with van der Waals surface area (Å²) in [7, 11) is 1.11. The topological polar surface area (TPSA) is 94.7 Å². The number of carboxylic acid groups (broad SMARTS) is 1. The average Bonchev–Trinajstić information content (AvgIpc) is 2.27. The first-order valence-corrected chi connectivity index (χ1v) is 5.00. The van der Waals surface area contributed by atoms with E-state index in [2.05, 4.69) is 14.5 Å². The minimum absolute atomic E-state index is 0.0371. The molecule has 0 saturated carbocycles. The number of hydrogen-bond acceptors (Lipinski definition) is 5. The molecule has 0 unspecified atom stereocenters. The first kappa shape index (κ1) is 15.0. The Hall–Kier alpha value is -2.03. The number of nitrogens with zero attached hydrogens (tertiary/aromatic N) is 1. The molecule has 0 aromatic carbocycles. The standard InChI is InChI=1S/C10H11F3N2O4/c1-18-9-8(19-10(11,12)13)6(3-14)5(4-15-9)2-7(16)17/h4H,2-3,14H2,1H3,(H,16,17). The van der Waals surface area contributed by atoms with Crippen LogP contribution in [0.3, 0.4) is 0 Å². The van der Waals surface area contributed by atoms with Crippen LogP contribution in [0.1, 0.15) is 11.1 Å². The molecule has 6 nitrogen and oxygen atoms in total. The SMILES string of the molecule is COc1ncc(CC(=O)O)c(CN)c1OC(F)(F)F. The number of carboxylic acids is 1. The number of aromatic nitrogens is 1. The quantitative estimate of drug-likeness (QED) is 0.838. The number of methoxy groups -OCH3 is 1. The molecular weight excluding hydrogens is 269 g/mol. The predicted octanol–water partition coefficient (Wildman–Crippen LogP) is 1.07. The Labute approximate surface area is 105 Å². The molecule has 0 saturated heterocycles. The van der Waals surface area contributed by atoms with Gasteiger partial charge in [0.1, 0.15) is 0 Å². The molecule has 1 aromatic heterocycles. The maximum atomic E-state index is 12.3. The van der Waals surface area contributed by atoms with Gasteiger partial charge in [0.15, 0.2) is 5.75 Å². The van der Waals surface area contributed by atoms with E-state index in [-0.39, 0.29) is 17.7 Å². The van der Waals surface area contributed by atoms with Gasteiger partial charge in [0.2, 0.25) is 0 Å². The van der Waals surface area contributed by atoms with Crippen molar-refractivity contribution in [3.63, 3.8) is 0 Å². The van der Waals surface area contributed by atoms with Crippen molar-refractivity contribution in [2.24, 2.45) is 5.73 Å². The summed E-state index contributed by atoms with van der Waals surface area (Å²) in [6.45, 7) is -0.340. The molecule has 0 amide bonds. The Morgan fingerprint density at radius 2 is 2.16 bits per heavy atom. The van der Waals surface area contributed by atoms with E-state index in [4.69, 9.17) is 10.8 Å². The van der Waals surface area contributed by atoms with Gasteiger partial charge in [-0.05, 0) is 5.56 Å². The van der Waals surface area contributed by atoms with E-state index in [1.54, 1.807) is 0 Å². The van der Waals surface area contributed by atoms with Crippen molar-refractivity contribution < 1.29 is 32.5 Å². The summed E-state index contributed by atoms with van der Waals surface area (Å²) in [6.07, 6.45) is -4.38. The van der Waals surface area contributed by atoms with Gasteiger partial charge in [-0.2, -0.15) is 0 Å². The predicted molar refractivity (Wildman–Crippen MR) is 56.7 cm³/mol. The minimum Gasteiger partial charge on any atom is -0.481 e. The lowest BCUT2D eigenvalue weighted by atomic mass is 10.1. The molecule has 1 rings (SSSR count). The van der Waals surface area contributed by atoms with Crippen LogP contribution in [0, 0.1) is 0 Å². The van der Waals surface area contributed by atoms with Crippen LogP contribution >= 0.6 is 0 Å². The van der Waals surface area contributed by atoms with Crippen LogP contribution in [-0.4, -0.2) is 29.5 Å². The zero-order valence-electron chi connectivity index (χ0n) is 9.82. The maximum absolute atomic E-state index is 12.3. The van der Waals surface area contributed by atoms with E-state index in [1.807, 2.05) is 0 Å². The third-order valence-corrected chi connectivity index (χ3v) is 2.15. The number of alkyl halides is 3. The summed E-state index contributed by atoms with van der Waals surface area (Å²) >= 11 is 0. The highest BCUT2D eigenvalue weighted by Crippen LogP contribution is 2.35. The Kier molecular flexibility index (Phi) is 4.54. The van der Waals surface area contributed by atoms with Gasteiger partial charge in [0.05, 0.1) is 13.5 Å². The van der Waals surface area contributed by atoms with Gasteiger partial charge < -0.3 is 20.3 Å². The van der Waals surface area contributed by atoms with Gasteiger partial charge in [0, 0.05) is 18.3 Å². The zero-order chi connectivity index (χ0) is 14.6. The second-order valence-electron chi connectivity index (χ2n) is 3.42. The second-order valence-corrected chi connectivity index (χ2v) is 3.42. The summed E-state index contributed by atoms with van der Waals surface area (Å²) in [5.74, 6) is -2.34. The minimum atomic E-state index is -4.96. The molecule has 3 N–H and O–H groups in total.